The molecule has 3 heterocycles. The van der Waals surface area contributed by atoms with Crippen molar-refractivity contribution in [2.24, 2.45) is 0 Å². The van der Waals surface area contributed by atoms with Crippen LogP contribution in [0.15, 0.2) is 21.9 Å². The molecule has 0 bridgehead atoms. The van der Waals surface area contributed by atoms with Crippen LogP contribution in [0.25, 0.3) is 0 Å². The van der Waals surface area contributed by atoms with E-state index >= 15 is 0 Å². The van der Waals surface area contributed by atoms with E-state index in [1.807, 2.05) is 4.98 Å². The number of aliphatic hydroxyl groups is 5. The van der Waals surface area contributed by atoms with Crippen LogP contribution in [-0.2, 0) is 32.0 Å². The first-order valence-electron chi connectivity index (χ1n) is 9.39. The number of phosphoric acid groups is 2. The van der Waals surface area contributed by atoms with Crippen LogP contribution in [0.1, 0.15) is 6.23 Å². The Balaban J connectivity index is 0.00000324. The molecule has 8 N–H and O–H groups in total. The molecule has 3 rings (SSSR count). The number of nitrogens with zero attached hydrogens (tertiary/aromatic N) is 1. The normalized spacial score (nSPS) is 35.6. The monoisotopic (exact) mass is 582 g/mol. The van der Waals surface area contributed by atoms with Gasteiger partial charge in [0.25, 0.3) is 5.56 Å². The van der Waals surface area contributed by atoms with Crippen LogP contribution < -0.4 is 11.2 Å². The molecule has 0 spiro atoms. The van der Waals surface area contributed by atoms with Crippen molar-refractivity contribution >= 4 is 74.8 Å². The number of aromatic nitrogens is 2. The van der Waals surface area contributed by atoms with E-state index in [4.69, 9.17) is 9.47 Å². The predicted molar refractivity (Wildman–Crippen MR) is 114 cm³/mol. The minimum atomic E-state index is -5.47. The van der Waals surface area contributed by atoms with E-state index in [0.717, 1.165) is 16.8 Å². The minimum absolute atomic E-state index is 0. The van der Waals surface area contributed by atoms with Gasteiger partial charge in [0.2, 0.25) is 0 Å². The summed E-state index contributed by atoms with van der Waals surface area (Å²) >= 11 is 0. The van der Waals surface area contributed by atoms with Crippen molar-refractivity contribution in [3.8, 4) is 0 Å². The second-order valence-corrected chi connectivity index (χ2v) is 10.2. The Labute approximate surface area is 245 Å². The van der Waals surface area contributed by atoms with Gasteiger partial charge < -0.3 is 44.8 Å². The Morgan fingerprint density at radius 3 is 2.25 bits per heavy atom. The summed E-state index contributed by atoms with van der Waals surface area (Å²) in [4.78, 5) is 44.3. The van der Waals surface area contributed by atoms with Crippen LogP contribution in [0.4, 0.5) is 0 Å². The van der Waals surface area contributed by atoms with E-state index in [0.29, 0.717) is 0 Å². The van der Waals surface area contributed by atoms with E-state index in [2.05, 4.69) is 13.4 Å². The van der Waals surface area contributed by atoms with Gasteiger partial charge in [-0.1, -0.05) is 0 Å². The molecule has 2 aliphatic rings. The third kappa shape index (κ3) is 8.58. The Morgan fingerprint density at radius 2 is 1.64 bits per heavy atom. The van der Waals surface area contributed by atoms with Crippen molar-refractivity contribution < 1.29 is 67.3 Å². The number of phosphoric ester groups is 2. The fourth-order valence-corrected chi connectivity index (χ4v) is 5.24. The van der Waals surface area contributed by atoms with E-state index < -0.39 is 89.2 Å². The van der Waals surface area contributed by atoms with Gasteiger partial charge in [-0.05, 0) is 0 Å². The summed E-state index contributed by atoms with van der Waals surface area (Å²) < 4.78 is 47.7. The van der Waals surface area contributed by atoms with Gasteiger partial charge in [-0.2, -0.15) is 4.31 Å². The third-order valence-corrected chi connectivity index (χ3v) is 7.36. The molecule has 2 saturated heterocycles. The first-order chi connectivity index (χ1) is 15.7. The van der Waals surface area contributed by atoms with E-state index in [-0.39, 0.29) is 59.1 Å². The maximum Gasteiger partial charge on any atom is 0.483 e. The quantitative estimate of drug-likeness (QED) is 0.105. The summed E-state index contributed by atoms with van der Waals surface area (Å²) in [5.41, 5.74) is -1.72. The zero-order valence-corrected chi connectivity index (χ0v) is 24.6. The maximum absolute atomic E-state index is 12.1. The average Bonchev–Trinajstić information content (AvgIpc) is 3.00. The van der Waals surface area contributed by atoms with Crippen LogP contribution >= 0.6 is 15.6 Å². The fraction of sp³-hybridized carbons (Fsp3) is 0.714. The zero-order chi connectivity index (χ0) is 25.4. The topological polar surface area (TPSA) is 277 Å². The molecular weight excluding hydrogens is 560 g/mol. The number of hydrogen-bond acceptors (Lipinski definition) is 14. The van der Waals surface area contributed by atoms with E-state index in [1.165, 1.54) is 0 Å². The van der Waals surface area contributed by atoms with Gasteiger partial charge in [-0.15, -0.1) is 0 Å². The van der Waals surface area contributed by atoms with Crippen LogP contribution in [0, 0.1) is 0 Å². The molecule has 196 valence electrons. The van der Waals surface area contributed by atoms with Crippen LogP contribution in [0.2, 0.25) is 0 Å². The molecule has 2 radical (unpaired) electrons. The molecule has 0 amide bonds. The van der Waals surface area contributed by atoms with Gasteiger partial charge in [-0.25, -0.2) is 13.9 Å². The minimum Gasteiger partial charge on any atom is -0.388 e. The van der Waals surface area contributed by atoms with Crippen LogP contribution in [0.5, 0.6) is 0 Å². The summed E-state index contributed by atoms with van der Waals surface area (Å²) in [5.74, 6) is 0. The molecule has 36 heavy (non-hydrogen) atoms. The number of H-pyrrole nitrogens is 1. The van der Waals surface area contributed by atoms with E-state index in [9.17, 15) is 54.0 Å². The van der Waals surface area contributed by atoms with Crippen molar-refractivity contribution in [3.63, 3.8) is 0 Å². The third-order valence-electron chi connectivity index (χ3n) is 4.76. The number of rotatable bonds is 8. The summed E-state index contributed by atoms with van der Waals surface area (Å²) in [6.07, 6.45) is -13.0. The molecule has 2 aliphatic heterocycles. The average molecular weight is 582 g/mol. The molecule has 0 aromatic carbocycles. The Kier molecular flexibility index (Phi) is 13.3. The number of hydrogen-bond donors (Lipinski definition) is 8. The maximum atomic E-state index is 12.1. The van der Waals surface area contributed by atoms with Crippen molar-refractivity contribution in [1.82, 2.24) is 9.55 Å². The van der Waals surface area contributed by atoms with Crippen molar-refractivity contribution in [1.29, 1.82) is 0 Å². The number of ether oxygens (including phenoxy) is 2. The molecular formula is C14H22N2Na2O16P2. The summed E-state index contributed by atoms with van der Waals surface area (Å²) in [5, 5.41) is 48.8. The molecule has 0 aliphatic carbocycles. The SMILES string of the molecule is O=c1ccn([C@@H]2O[C@H](COP(=O)(O)OP(=O)(O)O[C@H]3OC[C@@H](O)[C@H](O)[C@H]3O)[C@@H](O)[C@H]2O)c(=O)[nH]1.[Na].[Na]. The Morgan fingerprint density at radius 1 is 1.00 bits per heavy atom. The van der Waals surface area contributed by atoms with E-state index in [1.54, 1.807) is 0 Å². The Bertz CT molecular complexity index is 1090. The Hall–Kier alpha value is 0.660. The van der Waals surface area contributed by atoms with Crippen molar-refractivity contribution in [2.75, 3.05) is 13.2 Å². The first kappa shape index (κ1) is 34.7. The number of aromatic amines is 1. The predicted octanol–water partition coefficient (Wildman–Crippen LogP) is -4.92. The van der Waals surface area contributed by atoms with Gasteiger partial charge in [-0.3, -0.25) is 23.4 Å². The van der Waals surface area contributed by atoms with Gasteiger partial charge >= 0.3 is 21.3 Å². The van der Waals surface area contributed by atoms with Gasteiger partial charge in [0.1, 0.15) is 36.6 Å². The summed E-state index contributed by atoms with van der Waals surface area (Å²) in [6.45, 7) is -1.59. The van der Waals surface area contributed by atoms with Crippen molar-refractivity contribution in [2.45, 2.75) is 49.1 Å². The summed E-state index contributed by atoms with van der Waals surface area (Å²) in [6, 6.07) is 0.939. The molecule has 22 heteroatoms. The first-order valence-corrected chi connectivity index (χ1v) is 12.4. The molecule has 10 atom stereocenters. The van der Waals surface area contributed by atoms with Crippen LogP contribution in [-0.4, -0.2) is 160 Å². The molecule has 1 aromatic rings. The van der Waals surface area contributed by atoms with Crippen molar-refractivity contribution in [3.05, 3.63) is 33.1 Å². The summed E-state index contributed by atoms with van der Waals surface area (Å²) in [7, 11) is -10.9. The molecule has 18 nitrogen and oxygen atoms in total. The van der Waals surface area contributed by atoms with Gasteiger partial charge in [0.15, 0.2) is 12.5 Å². The molecule has 0 saturated carbocycles. The standard InChI is InChI=1S/C14H22N2O16P2.2Na/c17-5-3-28-13(11(22)8(5)19)31-34(26,27)32-33(24,25)29-4-6-9(20)10(21)12(30-6)16-2-1-7(18)15-14(16)23;;/h1-2,5-6,8-13,17,19-22H,3-4H2,(H,24,25)(H,26,27)(H,15,18,23);;/t5-,6-,8+,9-,10-,11-,12-,13-;;/m1../s1. The smallest absolute Gasteiger partial charge is 0.388 e. The number of aliphatic hydroxyl groups excluding tert-OH is 5. The van der Waals surface area contributed by atoms with Gasteiger partial charge in [0, 0.05) is 71.4 Å². The second kappa shape index (κ2) is 13.8. The second-order valence-electron chi connectivity index (χ2n) is 7.23. The zero-order valence-electron chi connectivity index (χ0n) is 18.8. The molecule has 1 aromatic heterocycles. The molecule has 2 fully saturated rings. The number of nitrogens with one attached hydrogen (secondary N) is 1. The largest absolute Gasteiger partial charge is 0.483 e. The molecule has 2 unspecified atom stereocenters. The fourth-order valence-electron chi connectivity index (χ4n) is 3.07. The van der Waals surface area contributed by atoms with Crippen LogP contribution in [0.3, 0.4) is 0 Å². The van der Waals surface area contributed by atoms with Gasteiger partial charge in [0.05, 0.1) is 13.2 Å².